The zero-order chi connectivity index (χ0) is 11.8. The van der Waals surface area contributed by atoms with Gasteiger partial charge in [-0.15, -0.1) is 11.8 Å². The van der Waals surface area contributed by atoms with Crippen LogP contribution in [0.2, 0.25) is 0 Å². The van der Waals surface area contributed by atoms with Crippen LogP contribution in [0.1, 0.15) is 24.8 Å². The second-order valence-corrected chi connectivity index (χ2v) is 6.22. The first-order valence-electron chi connectivity index (χ1n) is 6.23. The highest BCUT2D eigenvalue weighted by Gasteiger charge is 2.31. The topological polar surface area (TPSA) is 20.3 Å². The number of hydrogen-bond acceptors (Lipinski definition) is 2. The van der Waals surface area contributed by atoms with Crippen molar-refractivity contribution in [1.29, 1.82) is 0 Å². The van der Waals surface area contributed by atoms with E-state index in [0.717, 1.165) is 25.3 Å². The molecule has 1 fully saturated rings. The Morgan fingerprint density at radius 3 is 3.00 bits per heavy atom. The maximum absolute atomic E-state index is 11.8. The molecule has 2 atom stereocenters. The number of benzene rings is 1. The Bertz CT molecular complexity index is 446. The second kappa shape index (κ2) is 4.37. The van der Waals surface area contributed by atoms with Gasteiger partial charge >= 0.3 is 0 Å². The number of fused-ring (bicyclic) bond motifs is 1. The smallest absolute Gasteiger partial charge is 0.222 e. The molecule has 2 unspecified atom stereocenters. The van der Waals surface area contributed by atoms with E-state index in [-0.39, 0.29) is 0 Å². The van der Waals surface area contributed by atoms with Crippen molar-refractivity contribution >= 4 is 17.7 Å². The largest absolute Gasteiger partial charge is 0.342 e. The molecule has 2 aliphatic heterocycles. The summed E-state index contributed by atoms with van der Waals surface area (Å²) >= 11 is 1.92. The third kappa shape index (κ3) is 2.08. The molecule has 1 saturated heterocycles. The zero-order valence-electron chi connectivity index (χ0n) is 10.1. The summed E-state index contributed by atoms with van der Waals surface area (Å²) in [4.78, 5) is 15.3. The van der Waals surface area contributed by atoms with Crippen molar-refractivity contribution in [1.82, 2.24) is 4.90 Å². The van der Waals surface area contributed by atoms with Crippen molar-refractivity contribution in [3.63, 3.8) is 0 Å². The van der Waals surface area contributed by atoms with E-state index >= 15 is 0 Å². The molecule has 3 heteroatoms. The lowest BCUT2D eigenvalue weighted by molar-refractivity contribution is -0.127. The lowest BCUT2D eigenvalue weighted by Gasteiger charge is -2.20. The molecule has 2 aliphatic rings. The van der Waals surface area contributed by atoms with Gasteiger partial charge in [0.05, 0.1) is 0 Å². The highest BCUT2D eigenvalue weighted by atomic mass is 32.2. The molecular weight excluding hydrogens is 230 g/mol. The van der Waals surface area contributed by atoms with Crippen LogP contribution in [-0.2, 0) is 4.79 Å². The normalized spacial score (nSPS) is 27.6. The van der Waals surface area contributed by atoms with Gasteiger partial charge < -0.3 is 4.90 Å². The Labute approximate surface area is 106 Å². The van der Waals surface area contributed by atoms with Crippen LogP contribution in [0.4, 0.5) is 0 Å². The number of nitrogens with zero attached hydrogens (tertiary/aromatic N) is 1. The third-order valence-electron chi connectivity index (χ3n) is 3.65. The Balaban J connectivity index is 1.73. The summed E-state index contributed by atoms with van der Waals surface area (Å²) < 4.78 is 0. The first kappa shape index (κ1) is 11.1. The van der Waals surface area contributed by atoms with Crippen molar-refractivity contribution in [2.75, 3.05) is 18.8 Å². The molecule has 0 radical (unpaired) electrons. The predicted molar refractivity (Wildman–Crippen MR) is 70.3 cm³/mol. The molecule has 90 valence electrons. The molecular formula is C14H17NOS. The van der Waals surface area contributed by atoms with Gasteiger partial charge in [-0.25, -0.2) is 0 Å². The minimum absolute atomic E-state index is 0.340. The van der Waals surface area contributed by atoms with Crippen molar-refractivity contribution in [2.24, 2.45) is 5.92 Å². The van der Waals surface area contributed by atoms with Crippen LogP contribution < -0.4 is 0 Å². The summed E-state index contributed by atoms with van der Waals surface area (Å²) in [6.45, 7) is 4.02. The molecule has 0 N–H and O–H groups in total. The average Bonchev–Trinajstić information content (AvgIpc) is 2.85. The van der Waals surface area contributed by atoms with Crippen molar-refractivity contribution < 1.29 is 4.79 Å². The van der Waals surface area contributed by atoms with Crippen LogP contribution in [0.25, 0.3) is 0 Å². The van der Waals surface area contributed by atoms with Crippen molar-refractivity contribution in [3.05, 3.63) is 29.8 Å². The van der Waals surface area contributed by atoms with Gasteiger partial charge in [0.15, 0.2) is 0 Å². The van der Waals surface area contributed by atoms with Gasteiger partial charge in [0.25, 0.3) is 0 Å². The number of amides is 1. The van der Waals surface area contributed by atoms with Gasteiger partial charge in [-0.1, -0.05) is 25.1 Å². The SMILES string of the molecule is CC1CC(=O)N(CC2CSc3ccccc32)C1. The molecule has 2 nitrogen and oxygen atoms in total. The molecule has 2 heterocycles. The third-order valence-corrected chi connectivity index (χ3v) is 4.90. The fourth-order valence-corrected chi connectivity index (χ4v) is 4.03. The molecule has 0 saturated carbocycles. The first-order chi connectivity index (χ1) is 8.24. The highest BCUT2D eigenvalue weighted by molar-refractivity contribution is 7.99. The molecule has 0 aromatic heterocycles. The summed E-state index contributed by atoms with van der Waals surface area (Å²) in [6.07, 6.45) is 0.738. The van der Waals surface area contributed by atoms with E-state index in [1.807, 2.05) is 11.8 Å². The number of carbonyl (C=O) groups is 1. The summed E-state index contributed by atoms with van der Waals surface area (Å²) in [5.41, 5.74) is 1.44. The molecule has 0 aliphatic carbocycles. The number of rotatable bonds is 2. The van der Waals surface area contributed by atoms with E-state index in [0.29, 0.717) is 17.7 Å². The molecule has 1 amide bonds. The van der Waals surface area contributed by atoms with Crippen LogP contribution in [0, 0.1) is 5.92 Å². The lowest BCUT2D eigenvalue weighted by Crippen LogP contribution is -2.30. The van der Waals surface area contributed by atoms with Crippen LogP contribution in [-0.4, -0.2) is 29.6 Å². The fourth-order valence-electron chi connectivity index (χ4n) is 2.79. The van der Waals surface area contributed by atoms with Gasteiger partial charge in [-0.2, -0.15) is 0 Å². The number of thioether (sulfide) groups is 1. The van der Waals surface area contributed by atoms with E-state index < -0.39 is 0 Å². The maximum Gasteiger partial charge on any atom is 0.222 e. The number of carbonyl (C=O) groups excluding carboxylic acids is 1. The molecule has 1 aromatic carbocycles. The predicted octanol–water partition coefficient (Wildman–Crippen LogP) is 2.74. The standard InChI is InChI=1S/C14H17NOS/c1-10-6-14(16)15(7-10)8-11-9-17-13-5-3-2-4-12(11)13/h2-5,10-11H,6-9H2,1H3. The Kier molecular flexibility index (Phi) is 2.87. The minimum Gasteiger partial charge on any atom is -0.342 e. The Morgan fingerprint density at radius 2 is 2.24 bits per heavy atom. The number of hydrogen-bond donors (Lipinski definition) is 0. The molecule has 17 heavy (non-hydrogen) atoms. The minimum atomic E-state index is 0.340. The summed E-state index contributed by atoms with van der Waals surface area (Å²) in [7, 11) is 0. The van der Waals surface area contributed by atoms with Gasteiger partial charge in [0.2, 0.25) is 5.91 Å². The van der Waals surface area contributed by atoms with E-state index in [1.54, 1.807) is 0 Å². The van der Waals surface area contributed by atoms with Crippen molar-refractivity contribution in [3.8, 4) is 0 Å². The number of likely N-dealkylation sites (tertiary alicyclic amines) is 1. The van der Waals surface area contributed by atoms with Crippen molar-refractivity contribution in [2.45, 2.75) is 24.2 Å². The lowest BCUT2D eigenvalue weighted by atomic mass is 10.0. The van der Waals surface area contributed by atoms with Gasteiger partial charge in [0.1, 0.15) is 0 Å². The second-order valence-electron chi connectivity index (χ2n) is 5.15. The quantitative estimate of drug-likeness (QED) is 0.801. The summed E-state index contributed by atoms with van der Waals surface area (Å²) in [5.74, 6) is 2.53. The molecule has 1 aromatic rings. The molecule has 0 spiro atoms. The molecule has 3 rings (SSSR count). The maximum atomic E-state index is 11.8. The summed E-state index contributed by atoms with van der Waals surface area (Å²) in [6, 6.07) is 8.60. The average molecular weight is 247 g/mol. The molecule has 0 bridgehead atoms. The fraction of sp³-hybridized carbons (Fsp3) is 0.500. The van der Waals surface area contributed by atoms with E-state index in [2.05, 4.69) is 36.1 Å². The van der Waals surface area contributed by atoms with Gasteiger partial charge in [-0.05, 0) is 17.5 Å². The summed E-state index contributed by atoms with van der Waals surface area (Å²) in [5, 5.41) is 0. The van der Waals surface area contributed by atoms with E-state index in [1.165, 1.54) is 10.5 Å². The van der Waals surface area contributed by atoms with Gasteiger partial charge in [0, 0.05) is 36.1 Å². The monoisotopic (exact) mass is 247 g/mol. The van der Waals surface area contributed by atoms with E-state index in [4.69, 9.17) is 0 Å². The van der Waals surface area contributed by atoms with Crippen LogP contribution in [0.5, 0.6) is 0 Å². The van der Waals surface area contributed by atoms with Crippen LogP contribution in [0.3, 0.4) is 0 Å². The first-order valence-corrected chi connectivity index (χ1v) is 7.22. The Hall–Kier alpha value is -0.960. The zero-order valence-corrected chi connectivity index (χ0v) is 10.9. The van der Waals surface area contributed by atoms with Crippen LogP contribution in [0.15, 0.2) is 29.2 Å². The Morgan fingerprint density at radius 1 is 1.41 bits per heavy atom. The van der Waals surface area contributed by atoms with Crippen LogP contribution >= 0.6 is 11.8 Å². The van der Waals surface area contributed by atoms with Gasteiger partial charge in [-0.3, -0.25) is 4.79 Å². The van der Waals surface area contributed by atoms with E-state index in [9.17, 15) is 4.79 Å². The highest BCUT2D eigenvalue weighted by Crippen LogP contribution is 2.40.